The lowest BCUT2D eigenvalue weighted by molar-refractivity contribution is -0.133. The van der Waals surface area contributed by atoms with E-state index in [1.807, 2.05) is 44.2 Å². The molecule has 0 aliphatic carbocycles. The molecule has 1 amide bonds. The van der Waals surface area contributed by atoms with E-state index in [9.17, 15) is 4.79 Å². The molecule has 0 aliphatic rings. The summed E-state index contributed by atoms with van der Waals surface area (Å²) in [4.78, 5) is 13.8. The second kappa shape index (κ2) is 6.80. The standard InChI is InChI=1S/C16H19NO3/c1-3-17(10-14-8-9-19-11-14)16(18)12-20-15-6-4-13(2)5-7-15/h4-9,11H,3,10,12H2,1-2H3. The molecule has 1 aromatic heterocycles. The van der Waals surface area contributed by atoms with Gasteiger partial charge in [0.05, 0.1) is 12.5 Å². The van der Waals surface area contributed by atoms with Crippen LogP contribution in [-0.4, -0.2) is 24.0 Å². The molecule has 0 aliphatic heterocycles. The molecule has 20 heavy (non-hydrogen) atoms. The molecule has 1 aromatic carbocycles. The fourth-order valence-electron chi connectivity index (χ4n) is 1.85. The first-order chi connectivity index (χ1) is 9.69. The van der Waals surface area contributed by atoms with E-state index in [0.717, 1.165) is 5.56 Å². The summed E-state index contributed by atoms with van der Waals surface area (Å²) in [6.45, 7) is 5.20. The SMILES string of the molecule is CCN(Cc1ccoc1)C(=O)COc1ccc(C)cc1. The Morgan fingerprint density at radius 2 is 2.00 bits per heavy atom. The lowest BCUT2D eigenvalue weighted by atomic mass is 10.2. The molecule has 2 rings (SSSR count). The van der Waals surface area contributed by atoms with E-state index >= 15 is 0 Å². The van der Waals surface area contributed by atoms with Crippen molar-refractivity contribution < 1.29 is 13.9 Å². The van der Waals surface area contributed by atoms with Crippen LogP contribution in [0.5, 0.6) is 5.75 Å². The van der Waals surface area contributed by atoms with E-state index in [4.69, 9.17) is 9.15 Å². The molecule has 2 aromatic rings. The zero-order valence-corrected chi connectivity index (χ0v) is 11.8. The van der Waals surface area contributed by atoms with E-state index < -0.39 is 0 Å². The third-order valence-corrected chi connectivity index (χ3v) is 3.07. The Hall–Kier alpha value is -2.23. The predicted octanol–water partition coefficient (Wildman–Crippen LogP) is 3.02. The van der Waals surface area contributed by atoms with Crippen molar-refractivity contribution in [2.24, 2.45) is 0 Å². The predicted molar refractivity (Wildman–Crippen MR) is 76.5 cm³/mol. The highest BCUT2D eigenvalue weighted by Crippen LogP contribution is 2.12. The molecular formula is C16H19NO3. The van der Waals surface area contributed by atoms with Gasteiger partial charge in [-0.05, 0) is 32.0 Å². The first kappa shape index (κ1) is 14.2. The van der Waals surface area contributed by atoms with Gasteiger partial charge in [0.1, 0.15) is 5.75 Å². The van der Waals surface area contributed by atoms with E-state index in [2.05, 4.69) is 0 Å². The zero-order chi connectivity index (χ0) is 14.4. The molecule has 0 saturated heterocycles. The minimum atomic E-state index is -0.0331. The lowest BCUT2D eigenvalue weighted by Gasteiger charge is -2.20. The van der Waals surface area contributed by atoms with Gasteiger partial charge in [-0.2, -0.15) is 0 Å². The Kier molecular flexibility index (Phi) is 4.82. The van der Waals surface area contributed by atoms with Gasteiger partial charge in [0.15, 0.2) is 6.61 Å². The van der Waals surface area contributed by atoms with Gasteiger partial charge >= 0.3 is 0 Å². The van der Waals surface area contributed by atoms with E-state index in [1.54, 1.807) is 17.4 Å². The normalized spacial score (nSPS) is 10.3. The highest BCUT2D eigenvalue weighted by molar-refractivity contribution is 5.77. The summed E-state index contributed by atoms with van der Waals surface area (Å²) in [6.07, 6.45) is 3.26. The molecular weight excluding hydrogens is 254 g/mol. The Morgan fingerprint density at radius 1 is 1.25 bits per heavy atom. The van der Waals surface area contributed by atoms with Gasteiger partial charge in [-0.25, -0.2) is 0 Å². The van der Waals surface area contributed by atoms with E-state index in [-0.39, 0.29) is 12.5 Å². The summed E-state index contributed by atoms with van der Waals surface area (Å²) in [5.41, 5.74) is 2.15. The van der Waals surface area contributed by atoms with Gasteiger partial charge in [-0.1, -0.05) is 17.7 Å². The molecule has 4 heteroatoms. The number of likely N-dealkylation sites (N-methyl/N-ethyl adjacent to an activating group) is 1. The van der Waals surface area contributed by atoms with Gasteiger partial charge < -0.3 is 14.1 Å². The Balaban J connectivity index is 1.87. The van der Waals surface area contributed by atoms with Crippen LogP contribution in [0.15, 0.2) is 47.3 Å². The van der Waals surface area contributed by atoms with Crippen LogP contribution in [0.4, 0.5) is 0 Å². The molecule has 1 heterocycles. The summed E-state index contributed by atoms with van der Waals surface area (Å²) < 4.78 is 10.5. The number of benzene rings is 1. The number of nitrogens with zero attached hydrogens (tertiary/aromatic N) is 1. The van der Waals surface area contributed by atoms with Crippen molar-refractivity contribution >= 4 is 5.91 Å². The third kappa shape index (κ3) is 3.88. The lowest BCUT2D eigenvalue weighted by Crippen LogP contribution is -2.34. The fraction of sp³-hybridized carbons (Fsp3) is 0.312. The maximum absolute atomic E-state index is 12.1. The van der Waals surface area contributed by atoms with Gasteiger partial charge in [-0.3, -0.25) is 4.79 Å². The highest BCUT2D eigenvalue weighted by atomic mass is 16.5. The Labute approximate surface area is 119 Å². The monoisotopic (exact) mass is 273 g/mol. The van der Waals surface area contributed by atoms with Crippen molar-refractivity contribution in [3.8, 4) is 5.75 Å². The number of rotatable bonds is 6. The van der Waals surface area contributed by atoms with Crippen LogP contribution in [0, 0.1) is 6.92 Å². The summed E-state index contributed by atoms with van der Waals surface area (Å²) in [6, 6.07) is 9.52. The van der Waals surface area contributed by atoms with Crippen LogP contribution in [0.2, 0.25) is 0 Å². The number of hydrogen-bond acceptors (Lipinski definition) is 3. The molecule has 0 N–H and O–H groups in total. The average Bonchev–Trinajstić information content (AvgIpc) is 2.97. The van der Waals surface area contributed by atoms with Crippen LogP contribution >= 0.6 is 0 Å². The molecule has 0 saturated carbocycles. The molecule has 106 valence electrons. The number of amides is 1. The van der Waals surface area contributed by atoms with Crippen molar-refractivity contribution in [2.45, 2.75) is 20.4 Å². The van der Waals surface area contributed by atoms with Crippen LogP contribution in [0.1, 0.15) is 18.1 Å². The van der Waals surface area contributed by atoms with Gasteiger partial charge in [-0.15, -0.1) is 0 Å². The molecule has 0 atom stereocenters. The largest absolute Gasteiger partial charge is 0.484 e. The number of carbonyl (C=O) groups excluding carboxylic acids is 1. The number of hydrogen-bond donors (Lipinski definition) is 0. The number of carbonyl (C=O) groups is 1. The number of ether oxygens (including phenoxy) is 1. The van der Waals surface area contributed by atoms with Crippen molar-refractivity contribution in [1.82, 2.24) is 4.90 Å². The average molecular weight is 273 g/mol. The maximum atomic E-state index is 12.1. The summed E-state index contributed by atoms with van der Waals surface area (Å²) in [5.74, 6) is 0.678. The minimum absolute atomic E-state index is 0.0331. The molecule has 0 fully saturated rings. The Morgan fingerprint density at radius 3 is 2.60 bits per heavy atom. The maximum Gasteiger partial charge on any atom is 0.260 e. The highest BCUT2D eigenvalue weighted by Gasteiger charge is 2.13. The van der Waals surface area contributed by atoms with Crippen molar-refractivity contribution in [1.29, 1.82) is 0 Å². The minimum Gasteiger partial charge on any atom is -0.484 e. The quantitative estimate of drug-likeness (QED) is 0.812. The second-order valence-electron chi connectivity index (χ2n) is 4.64. The fourth-order valence-corrected chi connectivity index (χ4v) is 1.85. The van der Waals surface area contributed by atoms with Gasteiger partial charge in [0.2, 0.25) is 0 Å². The third-order valence-electron chi connectivity index (χ3n) is 3.07. The molecule has 0 spiro atoms. The second-order valence-corrected chi connectivity index (χ2v) is 4.64. The first-order valence-corrected chi connectivity index (χ1v) is 6.67. The van der Waals surface area contributed by atoms with Crippen LogP contribution in [0.3, 0.4) is 0 Å². The zero-order valence-electron chi connectivity index (χ0n) is 11.8. The number of furan rings is 1. The Bertz CT molecular complexity index is 531. The number of aryl methyl sites for hydroxylation is 1. The molecule has 0 bridgehead atoms. The molecule has 4 nitrogen and oxygen atoms in total. The first-order valence-electron chi connectivity index (χ1n) is 6.67. The topological polar surface area (TPSA) is 42.7 Å². The smallest absolute Gasteiger partial charge is 0.260 e. The van der Waals surface area contributed by atoms with Crippen LogP contribution in [-0.2, 0) is 11.3 Å². The van der Waals surface area contributed by atoms with Crippen molar-refractivity contribution in [3.63, 3.8) is 0 Å². The van der Waals surface area contributed by atoms with Gasteiger partial charge in [0.25, 0.3) is 5.91 Å². The van der Waals surface area contributed by atoms with Crippen LogP contribution < -0.4 is 4.74 Å². The van der Waals surface area contributed by atoms with Gasteiger partial charge in [0, 0.05) is 18.7 Å². The van der Waals surface area contributed by atoms with Crippen LogP contribution in [0.25, 0.3) is 0 Å². The van der Waals surface area contributed by atoms with Crippen molar-refractivity contribution in [3.05, 3.63) is 54.0 Å². The summed E-state index contributed by atoms with van der Waals surface area (Å²) in [7, 11) is 0. The van der Waals surface area contributed by atoms with E-state index in [1.165, 1.54) is 5.56 Å². The summed E-state index contributed by atoms with van der Waals surface area (Å²) >= 11 is 0. The molecule has 0 radical (unpaired) electrons. The van der Waals surface area contributed by atoms with Crippen molar-refractivity contribution in [2.75, 3.05) is 13.2 Å². The van der Waals surface area contributed by atoms with E-state index in [0.29, 0.717) is 18.8 Å². The summed E-state index contributed by atoms with van der Waals surface area (Å²) in [5, 5.41) is 0. The molecule has 0 unspecified atom stereocenters.